The fourth-order valence-corrected chi connectivity index (χ4v) is 6.76. The number of benzene rings is 1. The highest BCUT2D eigenvalue weighted by Crippen LogP contribution is 2.39. The summed E-state index contributed by atoms with van der Waals surface area (Å²) in [5, 5.41) is 4.59. The third-order valence-electron chi connectivity index (χ3n) is 6.03. The number of hydrogen-bond acceptors (Lipinski definition) is 5. The van der Waals surface area contributed by atoms with Gasteiger partial charge in [0.15, 0.2) is 0 Å². The standard InChI is InChI=1S/C26H32N2O3S2/c1-4-15-28-16-22(18-11-9-10-13-20(18)28)32-17(3)24(29)27-25-23(26(30)31-5-2)19-12-7-6-8-14-21(19)33-25/h9-11,13,16-17H,4-8,12,14-15H2,1-3H3,(H,27,29)/t17-/m1/s1. The van der Waals surface area contributed by atoms with Crippen molar-refractivity contribution in [2.24, 2.45) is 0 Å². The van der Waals surface area contributed by atoms with Crippen LogP contribution in [0.5, 0.6) is 0 Å². The van der Waals surface area contributed by atoms with Gasteiger partial charge in [-0.05, 0) is 57.6 Å². The second-order valence-corrected chi connectivity index (χ2v) is 10.9. The van der Waals surface area contributed by atoms with Crippen LogP contribution in [0, 0.1) is 0 Å². The van der Waals surface area contributed by atoms with Crippen LogP contribution < -0.4 is 5.32 Å². The number of para-hydroxylation sites is 1. The highest BCUT2D eigenvalue weighted by atomic mass is 32.2. The Bertz CT molecular complexity index is 1150. The molecule has 33 heavy (non-hydrogen) atoms. The summed E-state index contributed by atoms with van der Waals surface area (Å²) in [6.07, 6.45) is 8.40. The third-order valence-corrected chi connectivity index (χ3v) is 8.38. The molecule has 3 aromatic rings. The zero-order valence-electron chi connectivity index (χ0n) is 19.6. The predicted molar refractivity (Wildman–Crippen MR) is 138 cm³/mol. The number of fused-ring (bicyclic) bond motifs is 2. The molecular weight excluding hydrogens is 452 g/mol. The molecule has 2 aromatic heterocycles. The monoisotopic (exact) mass is 484 g/mol. The van der Waals surface area contributed by atoms with Gasteiger partial charge in [0.2, 0.25) is 5.91 Å². The molecule has 1 aliphatic rings. The van der Waals surface area contributed by atoms with Crippen LogP contribution in [-0.2, 0) is 28.9 Å². The Labute approximate surface area is 203 Å². The van der Waals surface area contributed by atoms with Gasteiger partial charge in [-0.1, -0.05) is 31.5 Å². The van der Waals surface area contributed by atoms with Crippen LogP contribution >= 0.6 is 23.1 Å². The summed E-state index contributed by atoms with van der Waals surface area (Å²) in [5.41, 5.74) is 2.85. The number of rotatable bonds is 8. The van der Waals surface area contributed by atoms with E-state index < -0.39 is 0 Å². The fraction of sp³-hybridized carbons (Fsp3) is 0.462. The number of ether oxygens (including phenoxy) is 1. The number of aromatic nitrogens is 1. The van der Waals surface area contributed by atoms with Gasteiger partial charge in [0.25, 0.3) is 0 Å². The van der Waals surface area contributed by atoms with Gasteiger partial charge in [-0.15, -0.1) is 23.1 Å². The van der Waals surface area contributed by atoms with E-state index in [1.165, 1.54) is 22.2 Å². The second kappa shape index (κ2) is 10.8. The van der Waals surface area contributed by atoms with Crippen molar-refractivity contribution in [3.05, 3.63) is 46.5 Å². The van der Waals surface area contributed by atoms with Gasteiger partial charge in [0.1, 0.15) is 5.00 Å². The van der Waals surface area contributed by atoms with Crippen LogP contribution in [0.4, 0.5) is 5.00 Å². The molecule has 0 aliphatic heterocycles. The summed E-state index contributed by atoms with van der Waals surface area (Å²) < 4.78 is 7.62. The molecule has 0 radical (unpaired) electrons. The second-order valence-electron chi connectivity index (χ2n) is 8.44. The average molecular weight is 485 g/mol. The molecule has 176 valence electrons. The number of thiophene rings is 1. The number of nitrogens with one attached hydrogen (secondary N) is 1. The summed E-state index contributed by atoms with van der Waals surface area (Å²) in [5.74, 6) is -0.413. The minimum atomic E-state index is -0.324. The van der Waals surface area contributed by atoms with Crippen molar-refractivity contribution in [1.82, 2.24) is 4.57 Å². The molecule has 0 saturated heterocycles. The highest BCUT2D eigenvalue weighted by Gasteiger charge is 2.28. The van der Waals surface area contributed by atoms with E-state index in [1.807, 2.05) is 19.9 Å². The van der Waals surface area contributed by atoms with E-state index in [9.17, 15) is 9.59 Å². The fourth-order valence-electron chi connectivity index (χ4n) is 4.44. The minimum Gasteiger partial charge on any atom is -0.462 e. The quantitative estimate of drug-likeness (QED) is 0.220. The lowest BCUT2D eigenvalue weighted by Crippen LogP contribution is -2.23. The van der Waals surface area contributed by atoms with Crippen LogP contribution in [0.15, 0.2) is 35.4 Å². The number of hydrogen-bond donors (Lipinski definition) is 1. The number of nitrogens with zero attached hydrogens (tertiary/aromatic N) is 1. The minimum absolute atomic E-state index is 0.0886. The summed E-state index contributed by atoms with van der Waals surface area (Å²) in [7, 11) is 0. The van der Waals surface area contributed by atoms with E-state index in [0.29, 0.717) is 17.2 Å². The van der Waals surface area contributed by atoms with Gasteiger partial charge < -0.3 is 14.6 Å². The number of anilines is 1. The zero-order chi connectivity index (χ0) is 23.4. The molecule has 1 N–H and O–H groups in total. The van der Waals surface area contributed by atoms with Crippen molar-refractivity contribution in [1.29, 1.82) is 0 Å². The maximum absolute atomic E-state index is 13.2. The maximum atomic E-state index is 13.2. The largest absolute Gasteiger partial charge is 0.462 e. The van der Waals surface area contributed by atoms with E-state index in [1.54, 1.807) is 23.1 Å². The number of amides is 1. The molecule has 0 fully saturated rings. The van der Waals surface area contributed by atoms with Crippen LogP contribution in [0.3, 0.4) is 0 Å². The van der Waals surface area contributed by atoms with Crippen molar-refractivity contribution < 1.29 is 14.3 Å². The average Bonchev–Trinajstić information content (AvgIpc) is 3.22. The predicted octanol–water partition coefficient (Wildman–Crippen LogP) is 6.68. The van der Waals surface area contributed by atoms with E-state index in [2.05, 4.69) is 41.2 Å². The molecule has 5 nitrogen and oxygen atoms in total. The SMILES string of the molecule is CCCn1cc(S[C@H](C)C(=O)Nc2sc3c(c2C(=O)OCC)CCCCC3)c2ccccc21. The molecule has 1 amide bonds. The van der Waals surface area contributed by atoms with E-state index in [4.69, 9.17) is 4.74 Å². The Morgan fingerprint density at radius 2 is 1.97 bits per heavy atom. The molecule has 0 bridgehead atoms. The molecule has 4 rings (SSSR count). The van der Waals surface area contributed by atoms with Gasteiger partial charge in [-0.2, -0.15) is 0 Å². The molecule has 0 unspecified atom stereocenters. The Balaban J connectivity index is 1.56. The number of thioether (sulfide) groups is 1. The van der Waals surface area contributed by atoms with Crippen molar-refractivity contribution in [2.45, 2.75) is 76.0 Å². The number of esters is 1. The molecule has 1 aliphatic carbocycles. The molecule has 0 spiro atoms. The maximum Gasteiger partial charge on any atom is 0.341 e. The van der Waals surface area contributed by atoms with E-state index in [0.717, 1.165) is 49.1 Å². The van der Waals surface area contributed by atoms with Gasteiger partial charge in [0.05, 0.1) is 17.4 Å². The van der Waals surface area contributed by atoms with Crippen molar-refractivity contribution in [3.63, 3.8) is 0 Å². The Kier molecular flexibility index (Phi) is 7.81. The van der Waals surface area contributed by atoms with Crippen molar-refractivity contribution >= 4 is 50.9 Å². The summed E-state index contributed by atoms with van der Waals surface area (Å²) >= 11 is 3.11. The first-order valence-electron chi connectivity index (χ1n) is 11.9. The lowest BCUT2D eigenvalue weighted by molar-refractivity contribution is -0.115. The first-order valence-corrected chi connectivity index (χ1v) is 13.6. The first kappa shape index (κ1) is 23.9. The summed E-state index contributed by atoms with van der Waals surface area (Å²) in [4.78, 5) is 28.3. The Hall–Kier alpha value is -2.25. The Morgan fingerprint density at radius 3 is 2.76 bits per heavy atom. The first-order chi connectivity index (χ1) is 16.0. The molecule has 2 heterocycles. The molecule has 0 saturated carbocycles. The van der Waals surface area contributed by atoms with Gasteiger partial charge >= 0.3 is 5.97 Å². The normalized spacial score (nSPS) is 14.5. The van der Waals surface area contributed by atoms with Crippen LogP contribution in [0.25, 0.3) is 10.9 Å². The lowest BCUT2D eigenvalue weighted by Gasteiger charge is -2.12. The Morgan fingerprint density at radius 1 is 1.18 bits per heavy atom. The van der Waals surface area contributed by atoms with Crippen LogP contribution in [0.2, 0.25) is 0 Å². The van der Waals surface area contributed by atoms with Crippen LogP contribution in [0.1, 0.15) is 67.3 Å². The van der Waals surface area contributed by atoms with Gasteiger partial charge in [-0.3, -0.25) is 4.79 Å². The van der Waals surface area contributed by atoms with Gasteiger partial charge in [-0.25, -0.2) is 4.79 Å². The van der Waals surface area contributed by atoms with Crippen molar-refractivity contribution in [3.8, 4) is 0 Å². The summed E-state index contributed by atoms with van der Waals surface area (Å²) in [6.45, 7) is 7.18. The molecule has 1 aromatic carbocycles. The highest BCUT2D eigenvalue weighted by molar-refractivity contribution is 8.00. The van der Waals surface area contributed by atoms with Gasteiger partial charge in [0, 0.05) is 33.4 Å². The lowest BCUT2D eigenvalue weighted by atomic mass is 10.1. The third kappa shape index (κ3) is 5.14. The van der Waals surface area contributed by atoms with Crippen LogP contribution in [-0.4, -0.2) is 28.3 Å². The molecule has 1 atom stereocenters. The van der Waals surface area contributed by atoms with E-state index in [-0.39, 0.29) is 17.1 Å². The number of aryl methyl sites for hydroxylation is 2. The summed E-state index contributed by atoms with van der Waals surface area (Å²) in [6, 6.07) is 8.34. The smallest absolute Gasteiger partial charge is 0.341 e. The number of carbonyl (C=O) groups is 2. The molecular formula is C26H32N2O3S2. The molecule has 7 heteroatoms. The van der Waals surface area contributed by atoms with Crippen molar-refractivity contribution in [2.75, 3.05) is 11.9 Å². The zero-order valence-corrected chi connectivity index (χ0v) is 21.2. The topological polar surface area (TPSA) is 60.3 Å². The number of carbonyl (C=O) groups excluding carboxylic acids is 2. The van der Waals surface area contributed by atoms with E-state index >= 15 is 0 Å².